The van der Waals surface area contributed by atoms with Crippen molar-refractivity contribution in [3.8, 4) is 11.1 Å². The van der Waals surface area contributed by atoms with Crippen molar-refractivity contribution < 1.29 is 4.79 Å². The number of ketones is 1. The van der Waals surface area contributed by atoms with Crippen molar-refractivity contribution in [2.75, 3.05) is 0 Å². The normalized spacial score (nSPS) is 10.8. The predicted octanol–water partition coefficient (Wildman–Crippen LogP) is 5.80. The summed E-state index contributed by atoms with van der Waals surface area (Å²) >= 11 is 1.75. The van der Waals surface area contributed by atoms with Gasteiger partial charge in [0.1, 0.15) is 0 Å². The van der Waals surface area contributed by atoms with E-state index in [9.17, 15) is 4.79 Å². The number of rotatable bonds is 3. The molecule has 23 heavy (non-hydrogen) atoms. The molecule has 0 aliphatic heterocycles. The number of benzene rings is 3. The molecule has 110 valence electrons. The zero-order valence-electron chi connectivity index (χ0n) is 12.4. The Balaban J connectivity index is 1.70. The second-order valence-corrected chi connectivity index (χ2v) is 6.33. The minimum Gasteiger partial charge on any atom is -0.289 e. The fourth-order valence-electron chi connectivity index (χ4n) is 2.76. The molecule has 1 nitrogen and oxygen atoms in total. The van der Waals surface area contributed by atoms with Crippen LogP contribution in [0.5, 0.6) is 0 Å². The quantitative estimate of drug-likeness (QED) is 0.437. The summed E-state index contributed by atoms with van der Waals surface area (Å²) in [4.78, 5) is 12.5. The second-order valence-electron chi connectivity index (χ2n) is 5.42. The molecule has 4 rings (SSSR count). The lowest BCUT2D eigenvalue weighted by Gasteiger charge is -2.04. The highest BCUT2D eigenvalue weighted by Crippen LogP contribution is 2.33. The predicted molar refractivity (Wildman–Crippen MR) is 97.1 cm³/mol. The van der Waals surface area contributed by atoms with Gasteiger partial charge in [0.05, 0.1) is 0 Å². The summed E-state index contributed by atoms with van der Waals surface area (Å²) in [6.07, 6.45) is 0. The molecule has 2 heteroatoms. The van der Waals surface area contributed by atoms with Gasteiger partial charge in [-0.05, 0) is 17.0 Å². The lowest BCUT2D eigenvalue weighted by Crippen LogP contribution is -2.00. The zero-order chi connectivity index (χ0) is 15.6. The number of carbonyl (C=O) groups excluding carboxylic acids is 1. The maximum Gasteiger partial charge on any atom is 0.193 e. The molecule has 0 saturated carbocycles. The van der Waals surface area contributed by atoms with Gasteiger partial charge in [-0.25, -0.2) is 0 Å². The van der Waals surface area contributed by atoms with Crippen molar-refractivity contribution in [3.63, 3.8) is 0 Å². The van der Waals surface area contributed by atoms with Crippen molar-refractivity contribution >= 4 is 27.2 Å². The molecule has 0 amide bonds. The Morgan fingerprint density at radius 2 is 1.35 bits per heavy atom. The van der Waals surface area contributed by atoms with Gasteiger partial charge >= 0.3 is 0 Å². The van der Waals surface area contributed by atoms with E-state index >= 15 is 0 Å². The summed E-state index contributed by atoms with van der Waals surface area (Å²) < 4.78 is 1.28. The van der Waals surface area contributed by atoms with Crippen LogP contribution < -0.4 is 0 Å². The van der Waals surface area contributed by atoms with E-state index in [0.29, 0.717) is 0 Å². The molecule has 0 spiro atoms. The summed E-state index contributed by atoms with van der Waals surface area (Å²) in [7, 11) is 0. The molecule has 0 bridgehead atoms. The van der Waals surface area contributed by atoms with Crippen LogP contribution in [0.3, 0.4) is 0 Å². The first-order valence-corrected chi connectivity index (χ1v) is 8.37. The van der Waals surface area contributed by atoms with Gasteiger partial charge in [-0.3, -0.25) is 4.79 Å². The van der Waals surface area contributed by atoms with Gasteiger partial charge in [-0.1, -0.05) is 72.8 Å². The molecule has 0 saturated heterocycles. The van der Waals surface area contributed by atoms with Crippen molar-refractivity contribution in [2.24, 2.45) is 0 Å². The molecule has 0 fully saturated rings. The summed E-state index contributed by atoms with van der Waals surface area (Å²) in [6, 6.07) is 25.7. The number of carbonyl (C=O) groups is 1. The van der Waals surface area contributed by atoms with E-state index < -0.39 is 0 Å². The largest absolute Gasteiger partial charge is 0.289 e. The Bertz CT molecular complexity index is 966. The molecule has 0 aliphatic rings. The van der Waals surface area contributed by atoms with E-state index in [4.69, 9.17) is 0 Å². The van der Waals surface area contributed by atoms with Crippen LogP contribution in [0, 0.1) is 0 Å². The average Bonchev–Trinajstić information content (AvgIpc) is 3.06. The molecular formula is C21H14OS. The first-order valence-electron chi connectivity index (χ1n) is 7.49. The minimum atomic E-state index is 0.0623. The first kappa shape index (κ1) is 13.9. The lowest BCUT2D eigenvalue weighted by molar-refractivity contribution is 0.103. The van der Waals surface area contributed by atoms with E-state index in [2.05, 4.69) is 29.6 Å². The van der Waals surface area contributed by atoms with Crippen LogP contribution in [-0.2, 0) is 0 Å². The van der Waals surface area contributed by atoms with Gasteiger partial charge in [-0.2, -0.15) is 0 Å². The Hall–Kier alpha value is -2.71. The highest BCUT2D eigenvalue weighted by Gasteiger charge is 2.10. The van der Waals surface area contributed by atoms with E-state index in [1.165, 1.54) is 15.6 Å². The molecule has 1 aromatic heterocycles. The molecule has 0 unspecified atom stereocenters. The van der Waals surface area contributed by atoms with Crippen LogP contribution in [0.2, 0.25) is 0 Å². The van der Waals surface area contributed by atoms with Crippen molar-refractivity contribution in [1.82, 2.24) is 0 Å². The number of fused-ring (bicyclic) bond motifs is 1. The Morgan fingerprint density at radius 3 is 2.13 bits per heavy atom. The number of thiophene rings is 1. The summed E-state index contributed by atoms with van der Waals surface area (Å²) in [5.41, 5.74) is 3.82. The average molecular weight is 314 g/mol. The molecule has 0 aliphatic carbocycles. The molecule has 3 aromatic carbocycles. The van der Waals surface area contributed by atoms with Gasteiger partial charge in [0.2, 0.25) is 0 Å². The highest BCUT2D eigenvalue weighted by atomic mass is 32.1. The molecular weight excluding hydrogens is 300 g/mol. The van der Waals surface area contributed by atoms with Gasteiger partial charge in [0.25, 0.3) is 0 Å². The third-order valence-electron chi connectivity index (χ3n) is 3.98. The molecule has 0 radical (unpaired) electrons. The zero-order valence-corrected chi connectivity index (χ0v) is 13.2. The van der Waals surface area contributed by atoms with Crippen LogP contribution in [0.4, 0.5) is 0 Å². The van der Waals surface area contributed by atoms with Crippen molar-refractivity contribution in [3.05, 3.63) is 95.4 Å². The van der Waals surface area contributed by atoms with Gasteiger partial charge in [0.15, 0.2) is 5.78 Å². The molecule has 0 N–H and O–H groups in total. The van der Waals surface area contributed by atoms with E-state index in [-0.39, 0.29) is 5.78 Å². The third-order valence-corrected chi connectivity index (χ3v) is 4.94. The second kappa shape index (κ2) is 5.82. The number of hydrogen-bond acceptors (Lipinski definition) is 2. The SMILES string of the molecule is O=C(c1ccccc1)c1ccc(-c2csc3ccccc23)cc1. The maximum atomic E-state index is 12.5. The third kappa shape index (κ3) is 2.58. The number of hydrogen-bond donors (Lipinski definition) is 0. The van der Waals surface area contributed by atoms with Crippen molar-refractivity contribution in [1.29, 1.82) is 0 Å². The van der Waals surface area contributed by atoms with Gasteiger partial charge in [0, 0.05) is 26.8 Å². The van der Waals surface area contributed by atoms with Crippen LogP contribution in [0.1, 0.15) is 15.9 Å². The Labute approximate surface area is 138 Å². The summed E-state index contributed by atoms with van der Waals surface area (Å²) in [5, 5.41) is 3.44. The minimum absolute atomic E-state index is 0.0623. The van der Waals surface area contributed by atoms with Crippen LogP contribution in [-0.4, -0.2) is 5.78 Å². The van der Waals surface area contributed by atoms with Crippen LogP contribution >= 0.6 is 11.3 Å². The van der Waals surface area contributed by atoms with Crippen LogP contribution in [0.25, 0.3) is 21.2 Å². The fourth-order valence-corrected chi connectivity index (χ4v) is 3.73. The molecule has 4 aromatic rings. The monoisotopic (exact) mass is 314 g/mol. The lowest BCUT2D eigenvalue weighted by atomic mass is 9.99. The van der Waals surface area contributed by atoms with Gasteiger partial charge in [-0.15, -0.1) is 11.3 Å². The van der Waals surface area contributed by atoms with Crippen LogP contribution in [0.15, 0.2) is 84.2 Å². The maximum absolute atomic E-state index is 12.5. The summed E-state index contributed by atoms with van der Waals surface area (Å²) in [6.45, 7) is 0. The topological polar surface area (TPSA) is 17.1 Å². The highest BCUT2D eigenvalue weighted by molar-refractivity contribution is 7.17. The first-order chi connectivity index (χ1) is 11.3. The van der Waals surface area contributed by atoms with Gasteiger partial charge < -0.3 is 0 Å². The smallest absolute Gasteiger partial charge is 0.193 e. The fraction of sp³-hybridized carbons (Fsp3) is 0. The van der Waals surface area contributed by atoms with E-state index in [1.807, 2.05) is 54.6 Å². The Morgan fingerprint density at radius 1 is 0.696 bits per heavy atom. The molecule has 0 atom stereocenters. The summed E-state index contributed by atoms with van der Waals surface area (Å²) in [5.74, 6) is 0.0623. The van der Waals surface area contributed by atoms with Crippen molar-refractivity contribution in [2.45, 2.75) is 0 Å². The Kier molecular flexibility index (Phi) is 3.52. The van der Waals surface area contributed by atoms with E-state index in [1.54, 1.807) is 11.3 Å². The molecule has 1 heterocycles. The van der Waals surface area contributed by atoms with E-state index in [0.717, 1.165) is 16.7 Å². The standard InChI is InChI=1S/C21H14OS/c22-21(16-6-2-1-3-7-16)17-12-10-15(11-13-17)19-14-23-20-9-5-4-8-18(19)20/h1-14H.